The Balaban J connectivity index is 1.96. The number of fused-ring (bicyclic) bond motifs is 2. The molecule has 1 aromatic rings. The molecule has 0 aromatic carbocycles. The summed E-state index contributed by atoms with van der Waals surface area (Å²) in [5.41, 5.74) is 6.94. The average Bonchev–Trinajstić information content (AvgIpc) is 2.70. The van der Waals surface area contributed by atoms with Crippen LogP contribution in [0.5, 0.6) is 0 Å². The summed E-state index contributed by atoms with van der Waals surface area (Å²) in [6.07, 6.45) is 9.80. The molecule has 2 aliphatic heterocycles. The lowest BCUT2D eigenvalue weighted by atomic mass is 9.70. The maximum absolute atomic E-state index is 6.18. The summed E-state index contributed by atoms with van der Waals surface area (Å²) in [5, 5.41) is 0.658. The summed E-state index contributed by atoms with van der Waals surface area (Å²) in [5.74, 6) is 0. The first-order valence-corrected chi connectivity index (χ1v) is 8.68. The van der Waals surface area contributed by atoms with Crippen molar-refractivity contribution in [1.29, 1.82) is 0 Å². The predicted molar refractivity (Wildman–Crippen MR) is 98.0 cm³/mol. The Bertz CT molecular complexity index is 645. The zero-order chi connectivity index (χ0) is 15.9. The van der Waals surface area contributed by atoms with Gasteiger partial charge in [0.15, 0.2) is 0 Å². The molecule has 2 aliphatic rings. The van der Waals surface area contributed by atoms with Gasteiger partial charge in [-0.2, -0.15) is 0 Å². The minimum absolute atomic E-state index is 0.273. The second kappa shape index (κ2) is 6.04. The van der Waals surface area contributed by atoms with Gasteiger partial charge in [-0.05, 0) is 40.4 Å². The monoisotopic (exact) mass is 397 g/mol. The molecule has 0 spiro atoms. The number of hydrogen-bond acceptors (Lipinski definition) is 3. The molecule has 0 aliphatic carbocycles. The summed E-state index contributed by atoms with van der Waals surface area (Å²) in [4.78, 5) is 7.19. The number of thiocarbonyl (C=S) groups is 1. The van der Waals surface area contributed by atoms with Gasteiger partial charge in [-0.15, -0.1) is 0 Å². The molecule has 0 saturated carbocycles. The number of halogens is 2. The third kappa shape index (κ3) is 2.75. The van der Waals surface area contributed by atoms with E-state index in [1.807, 2.05) is 6.20 Å². The Kier molecular flexibility index (Phi) is 4.42. The Labute approximate surface area is 149 Å². The number of nitrogens with zero attached hydrogens (tertiary/aromatic N) is 2. The van der Waals surface area contributed by atoms with Crippen molar-refractivity contribution >= 4 is 44.7 Å². The van der Waals surface area contributed by atoms with E-state index in [0.717, 1.165) is 22.9 Å². The van der Waals surface area contributed by atoms with Crippen LogP contribution in [-0.2, 0) is 5.41 Å². The summed E-state index contributed by atoms with van der Waals surface area (Å²) in [7, 11) is 0. The minimum atomic E-state index is -0.324. The molecule has 6 heteroatoms. The lowest BCUT2D eigenvalue weighted by Gasteiger charge is -2.46. The molecular formula is C16H17BrClN3S. The highest BCUT2D eigenvalue weighted by atomic mass is 79.9. The van der Waals surface area contributed by atoms with E-state index in [4.69, 9.17) is 29.6 Å². The Hall–Kier alpha value is -0.750. The first kappa shape index (κ1) is 16.1. The largest absolute Gasteiger partial charge is 0.393 e. The third-order valence-corrected chi connectivity index (χ3v) is 5.55. The van der Waals surface area contributed by atoms with E-state index >= 15 is 0 Å². The second-order valence-electron chi connectivity index (χ2n) is 5.96. The fraction of sp³-hybridized carbons (Fsp3) is 0.375. The van der Waals surface area contributed by atoms with Gasteiger partial charge in [0.05, 0.1) is 10.4 Å². The van der Waals surface area contributed by atoms with E-state index in [2.05, 4.69) is 50.6 Å². The number of aromatic nitrogens is 1. The maximum Gasteiger partial charge on any atom is 0.0836 e. The van der Waals surface area contributed by atoms with Crippen LogP contribution in [0.2, 0.25) is 0 Å². The lowest BCUT2D eigenvalue weighted by molar-refractivity contribution is 0.137. The van der Waals surface area contributed by atoms with Gasteiger partial charge in [0.25, 0.3) is 0 Å². The summed E-state index contributed by atoms with van der Waals surface area (Å²) < 4.78 is 0.942. The molecule has 3 nitrogen and oxygen atoms in total. The van der Waals surface area contributed by atoms with E-state index in [1.165, 1.54) is 0 Å². The van der Waals surface area contributed by atoms with E-state index in [1.54, 1.807) is 6.20 Å². The van der Waals surface area contributed by atoms with E-state index in [9.17, 15) is 0 Å². The lowest BCUT2D eigenvalue weighted by Crippen LogP contribution is -2.55. The van der Waals surface area contributed by atoms with Crippen LogP contribution in [0.3, 0.4) is 0 Å². The highest BCUT2D eigenvalue weighted by Gasteiger charge is 2.48. The molecule has 2 bridgehead atoms. The summed E-state index contributed by atoms with van der Waals surface area (Å²) >= 11 is 15.0. The molecular weight excluding hydrogens is 382 g/mol. The van der Waals surface area contributed by atoms with Crippen LogP contribution in [-0.4, -0.2) is 33.5 Å². The van der Waals surface area contributed by atoms with Gasteiger partial charge in [0.1, 0.15) is 0 Å². The smallest absolute Gasteiger partial charge is 0.0836 e. The fourth-order valence-electron chi connectivity index (χ4n) is 3.58. The number of piperidine rings is 1. The molecule has 22 heavy (non-hydrogen) atoms. The molecule has 1 fully saturated rings. The van der Waals surface area contributed by atoms with Gasteiger partial charge in [-0.25, -0.2) is 0 Å². The van der Waals surface area contributed by atoms with Crippen molar-refractivity contribution in [2.24, 2.45) is 5.73 Å². The normalized spacial score (nSPS) is 30.5. The number of hydrogen-bond donors (Lipinski definition) is 1. The number of rotatable bonds is 4. The third-order valence-electron chi connectivity index (χ3n) is 4.61. The van der Waals surface area contributed by atoms with Crippen molar-refractivity contribution in [3.05, 3.63) is 52.3 Å². The molecule has 3 heterocycles. The van der Waals surface area contributed by atoms with Crippen molar-refractivity contribution in [3.63, 3.8) is 0 Å². The molecule has 2 atom stereocenters. The molecule has 0 radical (unpaired) electrons. The van der Waals surface area contributed by atoms with Crippen molar-refractivity contribution in [3.8, 4) is 0 Å². The highest BCUT2D eigenvalue weighted by molar-refractivity contribution is 9.10. The van der Waals surface area contributed by atoms with Gasteiger partial charge in [-0.1, -0.05) is 42.5 Å². The second-order valence-corrected chi connectivity index (χ2v) is 7.85. The predicted octanol–water partition coefficient (Wildman–Crippen LogP) is 3.52. The SMILES string of the molecule is C=C(Cl)CN1C2C=CC1CC(C(N)=S)(c1cncc(Br)c1)C2. The average molecular weight is 399 g/mol. The van der Waals surface area contributed by atoms with Gasteiger partial charge in [0, 0.05) is 40.5 Å². The van der Waals surface area contributed by atoms with Crippen LogP contribution >= 0.6 is 39.7 Å². The number of nitrogens with two attached hydrogens (primary N) is 1. The van der Waals surface area contributed by atoms with Crippen LogP contribution in [0.1, 0.15) is 18.4 Å². The maximum atomic E-state index is 6.18. The summed E-state index contributed by atoms with van der Waals surface area (Å²) in [6, 6.07) is 2.62. The molecule has 2 unspecified atom stereocenters. The molecule has 0 amide bonds. The standard InChI is InChI=1S/C16H17BrClN3S/c1-10(18)9-21-13-2-3-14(21)6-16(5-13,15(19)22)11-4-12(17)8-20-7-11/h2-4,7-8,13-14H,1,5-6,9H2,(H2,19,22). The van der Waals surface area contributed by atoms with Crippen molar-refractivity contribution in [2.75, 3.05) is 6.54 Å². The van der Waals surface area contributed by atoms with Crippen LogP contribution in [0.25, 0.3) is 0 Å². The number of pyridine rings is 1. The summed E-state index contributed by atoms with van der Waals surface area (Å²) in [6.45, 7) is 4.50. The van der Waals surface area contributed by atoms with Gasteiger partial charge in [0.2, 0.25) is 0 Å². The van der Waals surface area contributed by atoms with Gasteiger partial charge >= 0.3 is 0 Å². The topological polar surface area (TPSA) is 42.1 Å². The van der Waals surface area contributed by atoms with Crippen molar-refractivity contribution in [2.45, 2.75) is 30.3 Å². The first-order valence-electron chi connectivity index (χ1n) is 7.11. The van der Waals surface area contributed by atoms with Crippen molar-refractivity contribution in [1.82, 2.24) is 9.88 Å². The quantitative estimate of drug-likeness (QED) is 0.622. The minimum Gasteiger partial charge on any atom is -0.393 e. The van der Waals surface area contributed by atoms with Gasteiger partial charge < -0.3 is 5.73 Å². The zero-order valence-electron chi connectivity index (χ0n) is 12.0. The Morgan fingerprint density at radius 1 is 1.45 bits per heavy atom. The molecule has 3 rings (SSSR count). The zero-order valence-corrected chi connectivity index (χ0v) is 15.2. The Morgan fingerprint density at radius 2 is 2.09 bits per heavy atom. The Morgan fingerprint density at radius 3 is 2.59 bits per heavy atom. The van der Waals surface area contributed by atoms with Crippen LogP contribution in [0.4, 0.5) is 0 Å². The highest BCUT2D eigenvalue weighted by Crippen LogP contribution is 2.45. The van der Waals surface area contributed by atoms with Crippen LogP contribution in [0, 0.1) is 0 Å². The fourth-order valence-corrected chi connectivity index (χ4v) is 4.36. The van der Waals surface area contributed by atoms with E-state index in [0.29, 0.717) is 16.6 Å². The van der Waals surface area contributed by atoms with Crippen molar-refractivity contribution < 1.29 is 0 Å². The first-order chi connectivity index (χ1) is 10.4. The van der Waals surface area contributed by atoms with Crippen LogP contribution < -0.4 is 5.73 Å². The molecule has 1 aromatic heterocycles. The molecule has 2 N–H and O–H groups in total. The molecule has 1 saturated heterocycles. The van der Waals surface area contributed by atoms with Crippen LogP contribution in [0.15, 0.2) is 46.7 Å². The van der Waals surface area contributed by atoms with E-state index < -0.39 is 0 Å². The van der Waals surface area contributed by atoms with E-state index in [-0.39, 0.29) is 17.5 Å². The molecule has 116 valence electrons. The van der Waals surface area contributed by atoms with Gasteiger partial charge in [-0.3, -0.25) is 9.88 Å².